The van der Waals surface area contributed by atoms with Gasteiger partial charge in [0.25, 0.3) is 5.91 Å². The van der Waals surface area contributed by atoms with Gasteiger partial charge in [0.15, 0.2) is 15.5 Å². The zero-order valence-corrected chi connectivity index (χ0v) is 22.5. The number of nitrogens with zero attached hydrogens (tertiary/aromatic N) is 5. The highest BCUT2D eigenvalue weighted by Gasteiger charge is 2.39. The number of piperidine rings is 2. The Morgan fingerprint density at radius 2 is 1.74 bits per heavy atom. The maximum Gasteiger partial charge on any atom is 0.274 e. The molecule has 206 valence electrons. The lowest BCUT2D eigenvalue weighted by Crippen LogP contribution is -2.44. The molecule has 0 unspecified atom stereocenters. The second-order valence-corrected chi connectivity index (χ2v) is 12.9. The molecule has 0 saturated carbocycles. The fourth-order valence-corrected chi connectivity index (χ4v) is 7.88. The third kappa shape index (κ3) is 5.01. The summed E-state index contributed by atoms with van der Waals surface area (Å²) in [6, 6.07) is 7.12. The maximum absolute atomic E-state index is 13.6. The molecule has 0 radical (unpaired) electrons. The molecule has 1 aromatic carbocycles. The van der Waals surface area contributed by atoms with E-state index in [1.165, 1.54) is 0 Å². The summed E-state index contributed by atoms with van der Waals surface area (Å²) in [5.74, 6) is -0.437. The molecule has 0 N–H and O–H groups in total. The van der Waals surface area contributed by atoms with Gasteiger partial charge in [-0.3, -0.25) is 14.4 Å². The lowest BCUT2D eigenvalue weighted by molar-refractivity contribution is 0.0297. The lowest BCUT2D eigenvalue weighted by atomic mass is 10.0. The second-order valence-electron chi connectivity index (χ2n) is 10.9. The van der Waals surface area contributed by atoms with Crippen LogP contribution in [-0.2, 0) is 20.3 Å². The number of rotatable bonds is 5. The number of likely N-dealkylation sites (tertiary alicyclic amines) is 2. The molecule has 5 heterocycles. The van der Waals surface area contributed by atoms with Crippen LogP contribution >= 0.6 is 0 Å². The van der Waals surface area contributed by atoms with Gasteiger partial charge in [0.2, 0.25) is 0 Å². The highest BCUT2D eigenvalue weighted by atomic mass is 32.2. The van der Waals surface area contributed by atoms with Crippen LogP contribution in [0.4, 0.5) is 4.39 Å². The van der Waals surface area contributed by atoms with Crippen LogP contribution in [0.1, 0.15) is 47.8 Å². The van der Waals surface area contributed by atoms with Gasteiger partial charge in [0.1, 0.15) is 6.17 Å². The molecule has 9 nitrogen and oxygen atoms in total. The molecule has 1 amide bonds. The van der Waals surface area contributed by atoms with Gasteiger partial charge in [-0.2, -0.15) is 5.10 Å². The fourth-order valence-electron chi connectivity index (χ4n) is 6.29. The molecule has 1 atom stereocenters. The van der Waals surface area contributed by atoms with Crippen LogP contribution in [0, 0.1) is 0 Å². The first kappa shape index (κ1) is 25.9. The van der Waals surface area contributed by atoms with E-state index >= 15 is 0 Å². The van der Waals surface area contributed by atoms with Crippen LogP contribution in [0.3, 0.4) is 0 Å². The van der Waals surface area contributed by atoms with Gasteiger partial charge < -0.3 is 14.5 Å². The van der Waals surface area contributed by atoms with Crippen molar-refractivity contribution in [2.75, 3.05) is 65.6 Å². The van der Waals surface area contributed by atoms with Gasteiger partial charge in [0.05, 0.1) is 35.6 Å². The average molecular weight is 546 g/mol. The van der Waals surface area contributed by atoms with Crippen LogP contribution in [0.5, 0.6) is 0 Å². The molecular formula is C27H36FN5O4S. The number of sulfone groups is 1. The Bertz CT molecular complexity index is 1280. The standard InChI is InChI=1S/C27H36FN5O4S/c28-20-7-10-30(11-8-20)12-13-31-9-3-4-21(18-31)33-26-22-5-1-2-6-24(22)38(35,36)19-23(26)25(29-33)27(34)32-14-16-37-17-15-32/h1-2,5-6,20-21H,3-4,7-19H2/t21-/m0/s1. The molecule has 0 aliphatic carbocycles. The number of hydrogen-bond donors (Lipinski definition) is 0. The second kappa shape index (κ2) is 10.7. The molecule has 6 rings (SSSR count). The Morgan fingerprint density at radius 3 is 2.53 bits per heavy atom. The molecule has 0 spiro atoms. The monoisotopic (exact) mass is 545 g/mol. The summed E-state index contributed by atoms with van der Waals surface area (Å²) in [4.78, 5) is 20.4. The van der Waals surface area contributed by atoms with Gasteiger partial charge in [-0.1, -0.05) is 18.2 Å². The summed E-state index contributed by atoms with van der Waals surface area (Å²) in [5, 5.41) is 4.89. The van der Waals surface area contributed by atoms with Crippen LogP contribution < -0.4 is 0 Å². The van der Waals surface area contributed by atoms with Crippen molar-refractivity contribution in [3.05, 3.63) is 35.5 Å². The predicted molar refractivity (Wildman–Crippen MR) is 141 cm³/mol. The number of alkyl halides is 1. The molecule has 38 heavy (non-hydrogen) atoms. The minimum atomic E-state index is -3.59. The first-order valence-corrected chi connectivity index (χ1v) is 15.5. The Kier molecular flexibility index (Phi) is 7.28. The highest BCUT2D eigenvalue weighted by Crippen LogP contribution is 2.42. The molecular weight excluding hydrogens is 509 g/mol. The number of fused-ring (bicyclic) bond motifs is 3. The number of aromatic nitrogens is 2. The van der Waals surface area contributed by atoms with E-state index in [0.717, 1.165) is 57.8 Å². The highest BCUT2D eigenvalue weighted by molar-refractivity contribution is 7.90. The van der Waals surface area contributed by atoms with E-state index in [1.54, 1.807) is 17.0 Å². The summed E-state index contributed by atoms with van der Waals surface area (Å²) in [5.41, 5.74) is 2.18. The van der Waals surface area contributed by atoms with Crippen LogP contribution in [0.15, 0.2) is 29.2 Å². The lowest BCUT2D eigenvalue weighted by Gasteiger charge is -2.36. The van der Waals surface area contributed by atoms with E-state index in [-0.39, 0.29) is 23.4 Å². The third-order valence-corrected chi connectivity index (χ3v) is 10.1. The smallest absolute Gasteiger partial charge is 0.274 e. The zero-order chi connectivity index (χ0) is 26.3. The minimum absolute atomic E-state index is 0.0363. The fraction of sp³-hybridized carbons (Fsp3) is 0.630. The van der Waals surface area contributed by atoms with Gasteiger partial charge >= 0.3 is 0 Å². The van der Waals surface area contributed by atoms with Crippen LogP contribution in [0.25, 0.3) is 11.3 Å². The maximum atomic E-state index is 13.6. The minimum Gasteiger partial charge on any atom is -0.378 e. The number of halogens is 1. The topological polar surface area (TPSA) is 88.0 Å². The van der Waals surface area contributed by atoms with Crippen molar-refractivity contribution < 1.29 is 22.3 Å². The van der Waals surface area contributed by atoms with Crippen molar-refractivity contribution in [3.8, 4) is 11.3 Å². The van der Waals surface area contributed by atoms with E-state index in [9.17, 15) is 17.6 Å². The van der Waals surface area contributed by atoms with E-state index in [1.807, 2.05) is 16.8 Å². The van der Waals surface area contributed by atoms with Gasteiger partial charge in [-0.05, 0) is 38.3 Å². The summed E-state index contributed by atoms with van der Waals surface area (Å²) < 4.78 is 47.4. The zero-order valence-electron chi connectivity index (χ0n) is 21.7. The van der Waals surface area contributed by atoms with Crippen molar-refractivity contribution in [2.24, 2.45) is 0 Å². The summed E-state index contributed by atoms with van der Waals surface area (Å²) in [6.45, 7) is 7.10. The van der Waals surface area contributed by atoms with Gasteiger partial charge in [-0.25, -0.2) is 12.8 Å². The summed E-state index contributed by atoms with van der Waals surface area (Å²) >= 11 is 0. The SMILES string of the molecule is O=C(c1nn([C@H]2CCCN(CCN3CCC(F)CC3)C2)c2c1CS(=O)(=O)c1ccccc1-2)N1CCOCC1. The molecule has 1 aromatic heterocycles. The largest absolute Gasteiger partial charge is 0.378 e. The van der Waals surface area contributed by atoms with Crippen molar-refractivity contribution >= 4 is 15.7 Å². The van der Waals surface area contributed by atoms with Crippen molar-refractivity contribution in [1.29, 1.82) is 0 Å². The van der Waals surface area contributed by atoms with E-state index in [0.29, 0.717) is 55.2 Å². The Hall–Kier alpha value is -2.34. The number of ether oxygens (including phenoxy) is 1. The van der Waals surface area contributed by atoms with Crippen LogP contribution in [-0.4, -0.2) is 111 Å². The van der Waals surface area contributed by atoms with Gasteiger partial charge in [0, 0.05) is 56.9 Å². The summed E-state index contributed by atoms with van der Waals surface area (Å²) in [7, 11) is -3.59. The third-order valence-electron chi connectivity index (χ3n) is 8.40. The molecule has 11 heteroatoms. The number of carbonyl (C=O) groups excluding carboxylic acids is 1. The van der Waals surface area contributed by atoms with Gasteiger partial charge in [-0.15, -0.1) is 0 Å². The Balaban J connectivity index is 1.31. The van der Waals surface area contributed by atoms with Crippen LogP contribution in [0.2, 0.25) is 0 Å². The molecule has 3 saturated heterocycles. The first-order chi connectivity index (χ1) is 18.4. The molecule has 4 aliphatic heterocycles. The Morgan fingerprint density at radius 1 is 1.00 bits per heavy atom. The number of hydrogen-bond acceptors (Lipinski definition) is 7. The quantitative estimate of drug-likeness (QED) is 0.570. The van der Waals surface area contributed by atoms with E-state index in [2.05, 4.69) is 9.80 Å². The molecule has 4 aliphatic rings. The molecule has 2 aromatic rings. The van der Waals surface area contributed by atoms with Crippen molar-refractivity contribution in [2.45, 2.75) is 48.5 Å². The van der Waals surface area contributed by atoms with Crippen molar-refractivity contribution in [3.63, 3.8) is 0 Å². The summed E-state index contributed by atoms with van der Waals surface area (Å²) in [6.07, 6.45) is 2.48. The Labute approximate surface area is 223 Å². The average Bonchev–Trinajstić information content (AvgIpc) is 3.32. The number of benzene rings is 1. The number of carbonyl (C=O) groups is 1. The first-order valence-electron chi connectivity index (χ1n) is 13.8. The normalized spacial score (nSPS) is 24.7. The van der Waals surface area contributed by atoms with E-state index in [4.69, 9.17) is 9.84 Å². The molecule has 3 fully saturated rings. The predicted octanol–water partition coefficient (Wildman–Crippen LogP) is 2.38. The number of amides is 1. The molecule has 0 bridgehead atoms. The van der Waals surface area contributed by atoms with E-state index < -0.39 is 16.0 Å². The number of morpholine rings is 1. The van der Waals surface area contributed by atoms with Crippen molar-refractivity contribution in [1.82, 2.24) is 24.5 Å².